The lowest BCUT2D eigenvalue weighted by atomic mass is 9.89. The molecule has 0 radical (unpaired) electrons. The molecule has 9 heteroatoms. The van der Waals surface area contributed by atoms with E-state index in [0.717, 1.165) is 22.4 Å². The first-order valence-corrected chi connectivity index (χ1v) is 14.6. The largest absolute Gasteiger partial charge is 0.480 e. The second-order valence-corrected chi connectivity index (χ2v) is 11.2. The zero-order valence-corrected chi connectivity index (χ0v) is 24.0. The quantitative estimate of drug-likeness (QED) is 0.216. The van der Waals surface area contributed by atoms with Crippen molar-refractivity contribution in [3.05, 3.63) is 107 Å². The van der Waals surface area contributed by atoms with E-state index in [1.807, 2.05) is 41.8 Å². The normalized spacial score (nSPS) is 15.8. The van der Waals surface area contributed by atoms with E-state index < -0.39 is 23.7 Å². The topological polar surface area (TPSA) is 100 Å². The van der Waals surface area contributed by atoms with E-state index in [4.69, 9.17) is 0 Å². The number of hydrogen-bond acceptors (Lipinski definition) is 3. The van der Waals surface area contributed by atoms with Crippen LogP contribution in [0.3, 0.4) is 0 Å². The molecule has 0 saturated carbocycles. The third kappa shape index (κ3) is 6.93. The third-order valence-electron chi connectivity index (χ3n) is 8.22. The van der Waals surface area contributed by atoms with E-state index >= 15 is 0 Å². The van der Waals surface area contributed by atoms with Crippen molar-refractivity contribution in [1.29, 1.82) is 0 Å². The fraction of sp³-hybridized carbons (Fsp3) is 0.324. The van der Waals surface area contributed by atoms with Crippen molar-refractivity contribution in [3.8, 4) is 0 Å². The van der Waals surface area contributed by atoms with E-state index in [0.29, 0.717) is 43.0 Å². The summed E-state index contributed by atoms with van der Waals surface area (Å²) in [6.07, 6.45) is 2.27. The van der Waals surface area contributed by atoms with Crippen LogP contribution in [-0.4, -0.2) is 33.5 Å². The third-order valence-corrected chi connectivity index (χ3v) is 8.22. The van der Waals surface area contributed by atoms with Crippen LogP contribution in [-0.2, 0) is 40.2 Å². The average molecular weight is 588 g/mol. The van der Waals surface area contributed by atoms with Gasteiger partial charge in [0.1, 0.15) is 17.7 Å². The molecule has 4 aromatic rings. The molecule has 0 bridgehead atoms. The van der Waals surface area contributed by atoms with Crippen LogP contribution in [0.2, 0.25) is 0 Å². The highest BCUT2D eigenvalue weighted by atomic mass is 19.1. The highest BCUT2D eigenvalue weighted by molar-refractivity contribution is 5.89. The van der Waals surface area contributed by atoms with Crippen LogP contribution in [0.1, 0.15) is 54.6 Å². The van der Waals surface area contributed by atoms with E-state index in [1.54, 1.807) is 18.2 Å². The van der Waals surface area contributed by atoms with Gasteiger partial charge >= 0.3 is 5.97 Å². The molecule has 3 N–H and O–H groups in total. The molecule has 7 nitrogen and oxygen atoms in total. The number of amides is 2. The Bertz CT molecular complexity index is 1620. The molecule has 1 aliphatic rings. The monoisotopic (exact) mass is 587 g/mol. The number of aromatic nitrogens is 1. The van der Waals surface area contributed by atoms with Crippen molar-refractivity contribution in [1.82, 2.24) is 15.2 Å². The number of halogens is 2. The van der Waals surface area contributed by atoms with Crippen LogP contribution >= 0.6 is 0 Å². The Labute approximate surface area is 248 Å². The number of nitrogens with zero attached hydrogens (tertiary/aromatic N) is 1. The number of carboxylic acids is 1. The zero-order valence-electron chi connectivity index (χ0n) is 24.0. The van der Waals surface area contributed by atoms with Gasteiger partial charge in [-0.25, -0.2) is 13.6 Å². The zero-order chi connectivity index (χ0) is 30.5. The molecule has 2 amide bonds. The summed E-state index contributed by atoms with van der Waals surface area (Å²) in [5.74, 6) is -2.87. The van der Waals surface area contributed by atoms with Crippen LogP contribution < -0.4 is 10.6 Å². The number of hydrogen-bond donors (Lipinski definition) is 3. The minimum absolute atomic E-state index is 0.0266. The fourth-order valence-electron chi connectivity index (χ4n) is 6.09. The lowest BCUT2D eigenvalue weighted by molar-refractivity contribution is -0.141. The standard InChI is InChI=1S/C34H35F2N3O4/c1-2-29(34(42)43)39-30-14-12-25(36)18-27(30)28-19-26(13-15-31(28)39)38-33(41)23(16-21-6-4-3-5-7-21)17-32(40)37-20-22-8-10-24(35)11-9-22/h3-12,14,18,23,26,29H,2,13,15-17,19-20H2,1H3,(H,37,40)(H,38,41)(H,42,43)/t23-,26-,29?/m0/s1. The summed E-state index contributed by atoms with van der Waals surface area (Å²) >= 11 is 0. The average Bonchev–Trinajstić information content (AvgIpc) is 3.30. The van der Waals surface area contributed by atoms with Gasteiger partial charge in [0.25, 0.3) is 0 Å². The Morgan fingerprint density at radius 1 is 0.977 bits per heavy atom. The number of fused-ring (bicyclic) bond motifs is 3. The van der Waals surface area contributed by atoms with Crippen LogP contribution in [0.5, 0.6) is 0 Å². The predicted octanol–water partition coefficient (Wildman–Crippen LogP) is 5.49. The first-order valence-electron chi connectivity index (χ1n) is 14.6. The highest BCUT2D eigenvalue weighted by Crippen LogP contribution is 2.36. The number of carboxylic acid groups (broad SMARTS) is 1. The maximum absolute atomic E-state index is 14.3. The molecule has 1 unspecified atom stereocenters. The summed E-state index contributed by atoms with van der Waals surface area (Å²) < 4.78 is 29.4. The smallest absolute Gasteiger partial charge is 0.326 e. The molecular weight excluding hydrogens is 552 g/mol. The number of aliphatic carboxylic acids is 1. The van der Waals surface area contributed by atoms with Crippen molar-refractivity contribution in [3.63, 3.8) is 0 Å². The van der Waals surface area contributed by atoms with Gasteiger partial charge in [0.15, 0.2) is 0 Å². The van der Waals surface area contributed by atoms with Gasteiger partial charge in [-0.1, -0.05) is 49.4 Å². The van der Waals surface area contributed by atoms with Crippen molar-refractivity contribution in [2.75, 3.05) is 0 Å². The Kier molecular flexibility index (Phi) is 9.19. The molecule has 0 fully saturated rings. The molecule has 5 rings (SSSR count). The Balaban J connectivity index is 1.33. The van der Waals surface area contributed by atoms with Gasteiger partial charge in [0.2, 0.25) is 11.8 Å². The molecule has 3 aromatic carbocycles. The number of nitrogens with one attached hydrogen (secondary N) is 2. The number of rotatable bonds is 11. The van der Waals surface area contributed by atoms with Crippen LogP contribution in [0.4, 0.5) is 8.78 Å². The summed E-state index contributed by atoms with van der Waals surface area (Å²) in [4.78, 5) is 38.7. The van der Waals surface area contributed by atoms with Crippen LogP contribution in [0.25, 0.3) is 10.9 Å². The van der Waals surface area contributed by atoms with Crippen molar-refractivity contribution < 1.29 is 28.3 Å². The number of carbonyl (C=O) groups is 3. The highest BCUT2D eigenvalue weighted by Gasteiger charge is 2.32. The predicted molar refractivity (Wildman–Crippen MR) is 159 cm³/mol. The summed E-state index contributed by atoms with van der Waals surface area (Å²) in [6.45, 7) is 2.04. The fourth-order valence-corrected chi connectivity index (χ4v) is 6.09. The van der Waals surface area contributed by atoms with E-state index in [-0.39, 0.29) is 36.6 Å². The molecular formula is C34H35F2N3O4. The summed E-state index contributed by atoms with van der Waals surface area (Å²) in [6, 6.07) is 18.7. The van der Waals surface area contributed by atoms with Crippen LogP contribution in [0.15, 0.2) is 72.8 Å². The molecule has 1 heterocycles. The molecule has 43 heavy (non-hydrogen) atoms. The maximum atomic E-state index is 14.3. The van der Waals surface area contributed by atoms with Gasteiger partial charge in [0, 0.05) is 35.6 Å². The van der Waals surface area contributed by atoms with Gasteiger partial charge in [-0.15, -0.1) is 0 Å². The summed E-state index contributed by atoms with van der Waals surface area (Å²) in [5.41, 5.74) is 4.06. The lowest BCUT2D eigenvalue weighted by Gasteiger charge is -2.28. The van der Waals surface area contributed by atoms with Gasteiger partial charge in [-0.2, -0.15) is 0 Å². The van der Waals surface area contributed by atoms with Crippen molar-refractivity contribution in [2.45, 2.75) is 64.1 Å². The van der Waals surface area contributed by atoms with Crippen LogP contribution in [0, 0.1) is 17.6 Å². The summed E-state index contributed by atoms with van der Waals surface area (Å²) in [5, 5.41) is 16.5. The van der Waals surface area contributed by atoms with Crippen molar-refractivity contribution >= 4 is 28.7 Å². The lowest BCUT2D eigenvalue weighted by Crippen LogP contribution is -2.44. The van der Waals surface area contributed by atoms with Gasteiger partial charge in [-0.05, 0) is 79.1 Å². The SMILES string of the molecule is CCC(C(=O)O)n1c2c(c3cc(F)ccc31)C[C@@H](NC(=O)[C@H](CC(=O)NCc1ccc(F)cc1)Cc1ccccc1)CC2. The minimum Gasteiger partial charge on any atom is -0.480 e. The minimum atomic E-state index is -0.941. The first-order chi connectivity index (χ1) is 20.7. The molecule has 0 aliphatic heterocycles. The Morgan fingerprint density at radius 2 is 1.70 bits per heavy atom. The molecule has 1 aromatic heterocycles. The Hall–Kier alpha value is -4.53. The van der Waals surface area contributed by atoms with Gasteiger partial charge < -0.3 is 20.3 Å². The molecule has 224 valence electrons. The number of benzene rings is 3. The molecule has 3 atom stereocenters. The van der Waals surface area contributed by atoms with Crippen molar-refractivity contribution in [2.24, 2.45) is 5.92 Å². The second kappa shape index (κ2) is 13.2. The first kappa shape index (κ1) is 29.9. The van der Waals surface area contributed by atoms with Gasteiger partial charge in [0.05, 0.1) is 5.92 Å². The van der Waals surface area contributed by atoms with E-state index in [2.05, 4.69) is 10.6 Å². The van der Waals surface area contributed by atoms with E-state index in [9.17, 15) is 28.3 Å². The molecule has 0 spiro atoms. The number of carbonyl (C=O) groups excluding carboxylic acids is 2. The molecule has 0 saturated heterocycles. The second-order valence-electron chi connectivity index (χ2n) is 11.2. The summed E-state index contributed by atoms with van der Waals surface area (Å²) in [7, 11) is 0. The van der Waals surface area contributed by atoms with Gasteiger partial charge in [-0.3, -0.25) is 9.59 Å². The Morgan fingerprint density at radius 3 is 2.40 bits per heavy atom. The maximum Gasteiger partial charge on any atom is 0.326 e. The van der Waals surface area contributed by atoms with E-state index in [1.165, 1.54) is 24.3 Å². The molecule has 1 aliphatic carbocycles.